The fraction of sp³-hybridized carbons (Fsp3) is 0.278. The smallest absolute Gasteiger partial charge is 0.407 e. The van der Waals surface area contributed by atoms with Crippen molar-refractivity contribution in [3.8, 4) is 0 Å². The Bertz CT molecular complexity index is 676. The summed E-state index contributed by atoms with van der Waals surface area (Å²) in [6.07, 6.45) is -3.97. The van der Waals surface area contributed by atoms with Crippen LogP contribution in [0.1, 0.15) is 23.7 Å². The average molecular weight is 351 g/mol. The third kappa shape index (κ3) is 5.51. The Labute approximate surface area is 143 Å². The lowest BCUT2D eigenvalue weighted by atomic mass is 10.0. The third-order valence-electron chi connectivity index (χ3n) is 3.58. The zero-order valence-corrected chi connectivity index (χ0v) is 13.4. The molecule has 0 aliphatic heterocycles. The highest BCUT2D eigenvalue weighted by Gasteiger charge is 2.24. The molecule has 0 bridgehead atoms. The van der Waals surface area contributed by atoms with E-state index >= 15 is 0 Å². The molecule has 2 aromatic rings. The molecule has 134 valence electrons. The molecule has 7 heteroatoms. The van der Waals surface area contributed by atoms with Gasteiger partial charge in [0.2, 0.25) is 0 Å². The second-order valence-corrected chi connectivity index (χ2v) is 5.42. The van der Waals surface area contributed by atoms with E-state index in [0.717, 1.165) is 23.8 Å². The molecule has 2 rings (SSSR count). The van der Waals surface area contributed by atoms with Crippen molar-refractivity contribution in [1.29, 1.82) is 0 Å². The van der Waals surface area contributed by atoms with Gasteiger partial charge in [-0.3, -0.25) is 0 Å². The predicted molar refractivity (Wildman–Crippen MR) is 86.6 cm³/mol. The van der Waals surface area contributed by atoms with Crippen molar-refractivity contribution in [2.45, 2.75) is 25.2 Å². The number of amides is 1. The molecule has 0 aliphatic carbocycles. The molecule has 0 aromatic heterocycles. The SMILES string of the molecule is O=C(NCCC(O)C(O)c1c(F)cccc1F)OCc1ccccc1. The number of hydrogen-bond donors (Lipinski definition) is 3. The molecule has 0 saturated heterocycles. The maximum Gasteiger partial charge on any atom is 0.407 e. The minimum absolute atomic E-state index is 0.0259. The molecular formula is C18H19F2NO4. The summed E-state index contributed by atoms with van der Waals surface area (Å²) >= 11 is 0. The van der Waals surface area contributed by atoms with Crippen LogP contribution in [0.5, 0.6) is 0 Å². The van der Waals surface area contributed by atoms with E-state index in [4.69, 9.17) is 4.74 Å². The van der Waals surface area contributed by atoms with Crippen LogP contribution in [0.25, 0.3) is 0 Å². The van der Waals surface area contributed by atoms with Gasteiger partial charge in [-0.25, -0.2) is 13.6 Å². The summed E-state index contributed by atoms with van der Waals surface area (Å²) in [7, 11) is 0. The Morgan fingerprint density at radius 3 is 2.32 bits per heavy atom. The fourth-order valence-electron chi connectivity index (χ4n) is 2.24. The Balaban J connectivity index is 1.76. The number of nitrogens with one attached hydrogen (secondary N) is 1. The number of halogens is 2. The van der Waals surface area contributed by atoms with Crippen molar-refractivity contribution < 1.29 is 28.5 Å². The molecule has 0 spiro atoms. The molecule has 0 saturated carbocycles. The molecule has 0 aliphatic rings. The lowest BCUT2D eigenvalue weighted by Crippen LogP contribution is -2.30. The summed E-state index contributed by atoms with van der Waals surface area (Å²) in [6.45, 7) is 0.0697. The molecule has 0 fully saturated rings. The lowest BCUT2D eigenvalue weighted by molar-refractivity contribution is 0.00944. The Morgan fingerprint density at radius 2 is 1.68 bits per heavy atom. The molecule has 2 aromatic carbocycles. The molecule has 0 heterocycles. The van der Waals surface area contributed by atoms with Crippen molar-refractivity contribution >= 4 is 6.09 Å². The van der Waals surface area contributed by atoms with E-state index in [1.165, 1.54) is 0 Å². The van der Waals surface area contributed by atoms with Gasteiger partial charge >= 0.3 is 6.09 Å². The van der Waals surface area contributed by atoms with E-state index in [1.807, 2.05) is 18.2 Å². The van der Waals surface area contributed by atoms with Crippen LogP contribution in [0.4, 0.5) is 13.6 Å². The van der Waals surface area contributed by atoms with Gasteiger partial charge in [0.15, 0.2) is 0 Å². The van der Waals surface area contributed by atoms with Gasteiger partial charge in [0.05, 0.1) is 11.7 Å². The van der Waals surface area contributed by atoms with Crippen LogP contribution < -0.4 is 5.32 Å². The van der Waals surface area contributed by atoms with Gasteiger partial charge in [0.25, 0.3) is 0 Å². The summed E-state index contributed by atoms with van der Waals surface area (Å²) in [4.78, 5) is 11.5. The standard InChI is InChI=1S/C18H19F2NO4/c19-13-7-4-8-14(20)16(13)17(23)15(22)9-10-21-18(24)25-11-12-5-2-1-3-6-12/h1-8,15,17,22-23H,9-11H2,(H,21,24). The number of aliphatic hydroxyl groups excluding tert-OH is 2. The van der Waals surface area contributed by atoms with E-state index in [-0.39, 0.29) is 19.6 Å². The van der Waals surface area contributed by atoms with E-state index < -0.39 is 35.5 Å². The van der Waals surface area contributed by atoms with Gasteiger partial charge in [-0.15, -0.1) is 0 Å². The monoisotopic (exact) mass is 351 g/mol. The second kappa shape index (κ2) is 9.10. The first-order valence-corrected chi connectivity index (χ1v) is 7.73. The van der Waals surface area contributed by atoms with Gasteiger partial charge in [0.1, 0.15) is 24.3 Å². The molecule has 1 amide bonds. The van der Waals surface area contributed by atoms with E-state index in [1.54, 1.807) is 12.1 Å². The van der Waals surface area contributed by atoms with Gasteiger partial charge in [-0.05, 0) is 24.1 Å². The number of rotatable bonds is 7. The summed E-state index contributed by atoms with van der Waals surface area (Å²) in [5.41, 5.74) is 0.227. The van der Waals surface area contributed by atoms with Crippen LogP contribution in [-0.4, -0.2) is 29.0 Å². The number of hydrogen-bond acceptors (Lipinski definition) is 4. The van der Waals surface area contributed by atoms with Crippen LogP contribution in [0.15, 0.2) is 48.5 Å². The molecule has 0 radical (unpaired) electrons. The van der Waals surface area contributed by atoms with Crippen molar-refractivity contribution in [2.75, 3.05) is 6.54 Å². The van der Waals surface area contributed by atoms with Crippen LogP contribution in [-0.2, 0) is 11.3 Å². The Hall–Kier alpha value is -2.51. The van der Waals surface area contributed by atoms with Gasteiger partial charge in [-0.1, -0.05) is 36.4 Å². The fourth-order valence-corrected chi connectivity index (χ4v) is 2.24. The van der Waals surface area contributed by atoms with Crippen LogP contribution in [0.2, 0.25) is 0 Å². The highest BCUT2D eigenvalue weighted by molar-refractivity contribution is 5.67. The van der Waals surface area contributed by atoms with Crippen LogP contribution in [0, 0.1) is 11.6 Å². The topological polar surface area (TPSA) is 78.8 Å². The molecule has 5 nitrogen and oxygen atoms in total. The zero-order chi connectivity index (χ0) is 18.2. The van der Waals surface area contributed by atoms with Crippen LogP contribution in [0.3, 0.4) is 0 Å². The molecule has 2 atom stereocenters. The molecule has 25 heavy (non-hydrogen) atoms. The highest BCUT2D eigenvalue weighted by atomic mass is 19.1. The first-order valence-electron chi connectivity index (χ1n) is 7.73. The number of alkyl carbamates (subject to hydrolysis) is 1. The molecule has 2 unspecified atom stereocenters. The third-order valence-corrected chi connectivity index (χ3v) is 3.58. The van der Waals surface area contributed by atoms with Crippen molar-refractivity contribution in [3.63, 3.8) is 0 Å². The number of carbonyl (C=O) groups is 1. The van der Waals surface area contributed by atoms with Crippen LogP contribution >= 0.6 is 0 Å². The number of carbonyl (C=O) groups excluding carboxylic acids is 1. The van der Waals surface area contributed by atoms with E-state index in [0.29, 0.717) is 0 Å². The van der Waals surface area contributed by atoms with Crippen molar-refractivity contribution in [1.82, 2.24) is 5.32 Å². The highest BCUT2D eigenvalue weighted by Crippen LogP contribution is 2.24. The maximum atomic E-state index is 13.6. The normalized spacial score (nSPS) is 13.1. The quantitative estimate of drug-likeness (QED) is 0.717. The minimum atomic E-state index is -1.73. The number of aliphatic hydroxyl groups is 2. The van der Waals surface area contributed by atoms with Gasteiger partial charge < -0.3 is 20.3 Å². The molecular weight excluding hydrogens is 332 g/mol. The average Bonchev–Trinajstić information content (AvgIpc) is 2.60. The lowest BCUT2D eigenvalue weighted by Gasteiger charge is -2.19. The summed E-state index contributed by atoms with van der Waals surface area (Å²) in [5, 5.41) is 22.2. The summed E-state index contributed by atoms with van der Waals surface area (Å²) in [6, 6.07) is 12.2. The van der Waals surface area contributed by atoms with Gasteiger partial charge in [-0.2, -0.15) is 0 Å². The first-order chi connectivity index (χ1) is 12.0. The zero-order valence-electron chi connectivity index (χ0n) is 13.4. The predicted octanol–water partition coefficient (Wildman–Crippen LogP) is 2.68. The number of benzene rings is 2. The van der Waals surface area contributed by atoms with Crippen molar-refractivity contribution in [2.24, 2.45) is 0 Å². The molecule has 3 N–H and O–H groups in total. The van der Waals surface area contributed by atoms with Crippen molar-refractivity contribution in [3.05, 3.63) is 71.3 Å². The van der Waals surface area contributed by atoms with Gasteiger partial charge in [0, 0.05) is 6.54 Å². The van der Waals surface area contributed by atoms with E-state index in [2.05, 4.69) is 5.32 Å². The number of ether oxygens (including phenoxy) is 1. The summed E-state index contributed by atoms with van der Waals surface area (Å²) in [5.74, 6) is -1.89. The summed E-state index contributed by atoms with van der Waals surface area (Å²) < 4.78 is 32.1. The Kier molecular flexibility index (Phi) is 6.85. The second-order valence-electron chi connectivity index (χ2n) is 5.42. The maximum absolute atomic E-state index is 13.6. The minimum Gasteiger partial charge on any atom is -0.445 e. The largest absolute Gasteiger partial charge is 0.445 e. The Morgan fingerprint density at radius 1 is 1.04 bits per heavy atom. The first kappa shape index (κ1) is 18.8. The van der Waals surface area contributed by atoms with E-state index in [9.17, 15) is 23.8 Å².